The molecule has 0 fully saturated rings. The summed E-state index contributed by atoms with van der Waals surface area (Å²) < 4.78 is 0. The lowest BCUT2D eigenvalue weighted by Gasteiger charge is -2.08. The van der Waals surface area contributed by atoms with Crippen LogP contribution in [0, 0.1) is 6.92 Å². The molecule has 0 saturated heterocycles. The number of nitrogens with one attached hydrogen (secondary N) is 3. The number of hydrogen-bond acceptors (Lipinski definition) is 3. The Kier molecular flexibility index (Phi) is 5.54. The van der Waals surface area contributed by atoms with Crippen molar-refractivity contribution in [2.75, 3.05) is 11.9 Å². The van der Waals surface area contributed by atoms with Crippen LogP contribution in [-0.4, -0.2) is 23.3 Å². The van der Waals surface area contributed by atoms with E-state index >= 15 is 0 Å². The summed E-state index contributed by atoms with van der Waals surface area (Å²) in [5, 5.41) is 5.54. The minimum Gasteiger partial charge on any atom is -0.351 e. The lowest BCUT2D eigenvalue weighted by Crippen LogP contribution is -2.31. The SMILES string of the molecule is Cc1ccccc1NC(=O)CCNC(=O)c1cc(Cl)c[nH]c1=O. The zero-order valence-corrected chi connectivity index (χ0v) is 13.2. The van der Waals surface area contributed by atoms with Crippen molar-refractivity contribution in [3.05, 3.63) is 63.0 Å². The monoisotopic (exact) mass is 333 g/mol. The number of carbonyl (C=O) groups excluding carboxylic acids is 2. The number of anilines is 1. The number of H-pyrrole nitrogens is 1. The molecule has 120 valence electrons. The third kappa shape index (κ3) is 4.69. The molecule has 7 heteroatoms. The van der Waals surface area contributed by atoms with Gasteiger partial charge in [0.15, 0.2) is 0 Å². The Morgan fingerprint density at radius 3 is 2.74 bits per heavy atom. The molecule has 23 heavy (non-hydrogen) atoms. The number of hydrogen-bond donors (Lipinski definition) is 3. The second-order valence-corrected chi connectivity index (χ2v) is 5.37. The Labute approximate surface area is 137 Å². The summed E-state index contributed by atoms with van der Waals surface area (Å²) in [6, 6.07) is 8.69. The van der Waals surface area contributed by atoms with E-state index in [2.05, 4.69) is 15.6 Å². The summed E-state index contributed by atoms with van der Waals surface area (Å²) >= 11 is 5.74. The van der Waals surface area contributed by atoms with Gasteiger partial charge in [-0.15, -0.1) is 0 Å². The highest BCUT2D eigenvalue weighted by molar-refractivity contribution is 6.30. The average Bonchev–Trinajstić information content (AvgIpc) is 2.52. The van der Waals surface area contributed by atoms with Crippen LogP contribution in [0.5, 0.6) is 0 Å². The Balaban J connectivity index is 1.86. The van der Waals surface area contributed by atoms with Gasteiger partial charge < -0.3 is 15.6 Å². The van der Waals surface area contributed by atoms with E-state index in [0.29, 0.717) is 0 Å². The van der Waals surface area contributed by atoms with E-state index < -0.39 is 11.5 Å². The standard InChI is InChI=1S/C16H16ClN3O3/c1-10-4-2-3-5-13(10)20-14(21)6-7-18-15(22)12-8-11(17)9-19-16(12)23/h2-5,8-9H,6-7H2,1H3,(H,18,22)(H,19,23)(H,20,21). The number of aromatic nitrogens is 1. The van der Waals surface area contributed by atoms with Gasteiger partial charge in [0.1, 0.15) is 5.56 Å². The fourth-order valence-corrected chi connectivity index (χ4v) is 2.10. The Hall–Kier alpha value is -2.60. The molecular formula is C16H16ClN3O3. The van der Waals surface area contributed by atoms with Crippen LogP contribution in [0.25, 0.3) is 0 Å². The summed E-state index contributed by atoms with van der Waals surface area (Å²) in [4.78, 5) is 37.6. The van der Waals surface area contributed by atoms with Crippen LogP contribution in [-0.2, 0) is 4.79 Å². The summed E-state index contributed by atoms with van der Waals surface area (Å²) in [5.74, 6) is -0.794. The topological polar surface area (TPSA) is 91.1 Å². The summed E-state index contributed by atoms with van der Waals surface area (Å²) in [7, 11) is 0. The van der Waals surface area contributed by atoms with Crippen LogP contribution in [0.2, 0.25) is 5.02 Å². The van der Waals surface area contributed by atoms with Gasteiger partial charge in [0.25, 0.3) is 11.5 Å². The van der Waals surface area contributed by atoms with E-state index in [0.717, 1.165) is 11.3 Å². The van der Waals surface area contributed by atoms with Crippen LogP contribution in [0.3, 0.4) is 0 Å². The maximum Gasteiger partial charge on any atom is 0.260 e. The van der Waals surface area contributed by atoms with E-state index in [4.69, 9.17) is 11.6 Å². The molecule has 0 unspecified atom stereocenters. The first kappa shape index (κ1) is 16.8. The van der Waals surface area contributed by atoms with Gasteiger partial charge >= 0.3 is 0 Å². The number of rotatable bonds is 5. The van der Waals surface area contributed by atoms with Crippen LogP contribution in [0.4, 0.5) is 5.69 Å². The molecule has 1 heterocycles. The van der Waals surface area contributed by atoms with Crippen molar-refractivity contribution in [1.82, 2.24) is 10.3 Å². The van der Waals surface area contributed by atoms with Crippen LogP contribution in [0.15, 0.2) is 41.3 Å². The normalized spacial score (nSPS) is 10.2. The van der Waals surface area contributed by atoms with E-state index in [-0.39, 0.29) is 29.5 Å². The number of amides is 2. The fourth-order valence-electron chi connectivity index (χ4n) is 1.94. The molecule has 0 radical (unpaired) electrons. The van der Waals surface area contributed by atoms with Gasteiger partial charge in [-0.1, -0.05) is 29.8 Å². The molecule has 1 aromatic carbocycles. The predicted octanol–water partition coefficient (Wildman–Crippen LogP) is 2.10. The molecule has 2 amide bonds. The molecule has 0 spiro atoms. The number of carbonyl (C=O) groups is 2. The van der Waals surface area contributed by atoms with E-state index in [1.807, 2.05) is 25.1 Å². The van der Waals surface area contributed by atoms with Crippen LogP contribution >= 0.6 is 11.6 Å². The van der Waals surface area contributed by atoms with Gasteiger partial charge in [-0.25, -0.2) is 0 Å². The van der Waals surface area contributed by atoms with E-state index in [1.54, 1.807) is 6.07 Å². The van der Waals surface area contributed by atoms with Crippen LogP contribution < -0.4 is 16.2 Å². The molecule has 0 aliphatic heterocycles. The van der Waals surface area contributed by atoms with Crippen molar-refractivity contribution < 1.29 is 9.59 Å². The van der Waals surface area contributed by atoms with Crippen molar-refractivity contribution in [3.8, 4) is 0 Å². The van der Waals surface area contributed by atoms with Gasteiger partial charge in [-0.05, 0) is 24.6 Å². The Morgan fingerprint density at radius 1 is 1.26 bits per heavy atom. The molecule has 0 bridgehead atoms. The number of pyridine rings is 1. The van der Waals surface area contributed by atoms with Crippen molar-refractivity contribution >= 4 is 29.1 Å². The smallest absolute Gasteiger partial charge is 0.260 e. The highest BCUT2D eigenvalue weighted by Gasteiger charge is 2.11. The lowest BCUT2D eigenvalue weighted by atomic mass is 10.2. The summed E-state index contributed by atoms with van der Waals surface area (Å²) in [5.41, 5.74) is 1.07. The van der Waals surface area contributed by atoms with Gasteiger partial charge in [-0.2, -0.15) is 0 Å². The number of para-hydroxylation sites is 1. The molecule has 2 aromatic rings. The van der Waals surface area contributed by atoms with Gasteiger partial charge in [0, 0.05) is 24.8 Å². The Bertz CT molecular complexity index is 786. The molecule has 1 aromatic heterocycles. The molecule has 0 aliphatic carbocycles. The second kappa shape index (κ2) is 7.60. The zero-order chi connectivity index (χ0) is 16.8. The van der Waals surface area contributed by atoms with Crippen molar-refractivity contribution in [1.29, 1.82) is 0 Å². The highest BCUT2D eigenvalue weighted by atomic mass is 35.5. The average molecular weight is 334 g/mol. The van der Waals surface area contributed by atoms with Gasteiger partial charge in [-0.3, -0.25) is 14.4 Å². The maximum atomic E-state index is 11.9. The first-order chi connectivity index (χ1) is 11.0. The van der Waals surface area contributed by atoms with Crippen molar-refractivity contribution in [2.45, 2.75) is 13.3 Å². The zero-order valence-electron chi connectivity index (χ0n) is 12.5. The lowest BCUT2D eigenvalue weighted by molar-refractivity contribution is -0.116. The highest BCUT2D eigenvalue weighted by Crippen LogP contribution is 2.13. The first-order valence-corrected chi connectivity index (χ1v) is 7.37. The number of benzene rings is 1. The molecule has 3 N–H and O–H groups in total. The van der Waals surface area contributed by atoms with Crippen molar-refractivity contribution in [2.24, 2.45) is 0 Å². The Morgan fingerprint density at radius 2 is 2.00 bits per heavy atom. The first-order valence-electron chi connectivity index (χ1n) is 6.99. The largest absolute Gasteiger partial charge is 0.351 e. The minimum absolute atomic E-state index is 0.0863. The van der Waals surface area contributed by atoms with E-state index in [9.17, 15) is 14.4 Å². The van der Waals surface area contributed by atoms with Gasteiger partial charge in [0.05, 0.1) is 5.02 Å². The summed E-state index contributed by atoms with van der Waals surface area (Å²) in [6.45, 7) is 2.01. The molecule has 0 atom stereocenters. The summed E-state index contributed by atoms with van der Waals surface area (Å²) in [6.07, 6.45) is 1.40. The van der Waals surface area contributed by atoms with Crippen molar-refractivity contribution in [3.63, 3.8) is 0 Å². The molecular weight excluding hydrogens is 318 g/mol. The van der Waals surface area contributed by atoms with Crippen LogP contribution in [0.1, 0.15) is 22.3 Å². The second-order valence-electron chi connectivity index (χ2n) is 4.93. The van der Waals surface area contributed by atoms with Gasteiger partial charge in [0.2, 0.25) is 5.91 Å². The number of aromatic amines is 1. The molecule has 6 nitrogen and oxygen atoms in total. The van der Waals surface area contributed by atoms with E-state index in [1.165, 1.54) is 12.3 Å². The molecule has 0 saturated carbocycles. The minimum atomic E-state index is -0.572. The number of aryl methyl sites for hydroxylation is 1. The quantitative estimate of drug-likeness (QED) is 0.782. The fraction of sp³-hybridized carbons (Fsp3) is 0.188. The predicted molar refractivity (Wildman–Crippen MR) is 88.8 cm³/mol. The maximum absolute atomic E-state index is 11.9. The molecule has 0 aliphatic rings. The third-order valence-electron chi connectivity index (χ3n) is 3.17. The third-order valence-corrected chi connectivity index (χ3v) is 3.39. The molecule has 2 rings (SSSR count). The number of halogens is 1.